The van der Waals surface area contributed by atoms with Crippen LogP contribution in [-0.4, -0.2) is 43.3 Å². The van der Waals surface area contributed by atoms with Crippen LogP contribution in [0, 0.1) is 10.1 Å². The summed E-state index contributed by atoms with van der Waals surface area (Å²) in [5.74, 6) is -0.199. The molecule has 2 rings (SSSR count). The molecule has 0 saturated carbocycles. The second-order valence-corrected chi connectivity index (χ2v) is 5.63. The standard InChI is InChI=1S/C16H22N2O5/c1-12(23-11-15-5-3-4-10-22-15)16(19)17(2)13-6-8-14(9-7-13)18(20)21/h6-9,12,15H,3-5,10-11H2,1-2H3/t12-,15+/m0/s1. The molecule has 23 heavy (non-hydrogen) atoms. The molecule has 1 heterocycles. The van der Waals surface area contributed by atoms with Crippen LogP contribution in [0.3, 0.4) is 0 Å². The molecule has 0 aliphatic carbocycles. The zero-order chi connectivity index (χ0) is 16.8. The summed E-state index contributed by atoms with van der Waals surface area (Å²) in [6, 6.07) is 5.85. The number of likely N-dealkylation sites (N-methyl/N-ethyl adjacent to an activating group) is 1. The number of rotatable bonds is 6. The summed E-state index contributed by atoms with van der Waals surface area (Å²) in [6.07, 6.45) is 2.62. The summed E-state index contributed by atoms with van der Waals surface area (Å²) in [7, 11) is 1.63. The van der Waals surface area contributed by atoms with Crippen LogP contribution >= 0.6 is 0 Å². The molecule has 0 radical (unpaired) electrons. The number of hydrogen-bond donors (Lipinski definition) is 0. The van der Waals surface area contributed by atoms with E-state index < -0.39 is 11.0 Å². The number of ether oxygens (including phenoxy) is 2. The molecule has 1 fully saturated rings. The van der Waals surface area contributed by atoms with Gasteiger partial charge in [-0.3, -0.25) is 14.9 Å². The largest absolute Gasteiger partial charge is 0.376 e. The number of benzene rings is 1. The zero-order valence-electron chi connectivity index (χ0n) is 13.4. The summed E-state index contributed by atoms with van der Waals surface area (Å²) in [4.78, 5) is 24.0. The molecular weight excluding hydrogens is 300 g/mol. The van der Waals surface area contributed by atoms with Crippen LogP contribution in [0.25, 0.3) is 0 Å². The first-order chi connectivity index (χ1) is 11.0. The molecule has 1 amide bonds. The van der Waals surface area contributed by atoms with Crippen LogP contribution < -0.4 is 4.90 Å². The van der Waals surface area contributed by atoms with Gasteiger partial charge in [0.25, 0.3) is 11.6 Å². The predicted octanol–water partition coefficient (Wildman–Crippen LogP) is 2.53. The van der Waals surface area contributed by atoms with E-state index in [9.17, 15) is 14.9 Å². The van der Waals surface area contributed by atoms with Crippen molar-refractivity contribution in [1.29, 1.82) is 0 Å². The van der Waals surface area contributed by atoms with E-state index in [1.54, 1.807) is 26.1 Å². The second kappa shape index (κ2) is 8.03. The Kier molecular flexibility index (Phi) is 6.06. The third-order valence-corrected chi connectivity index (χ3v) is 3.93. The molecule has 0 N–H and O–H groups in total. The lowest BCUT2D eigenvalue weighted by molar-refractivity contribution is -0.384. The lowest BCUT2D eigenvalue weighted by Gasteiger charge is -2.26. The quantitative estimate of drug-likeness (QED) is 0.594. The van der Waals surface area contributed by atoms with Crippen LogP contribution in [0.5, 0.6) is 0 Å². The Morgan fingerprint density at radius 3 is 2.70 bits per heavy atom. The highest BCUT2D eigenvalue weighted by Gasteiger charge is 2.22. The van der Waals surface area contributed by atoms with Crippen LogP contribution in [0.4, 0.5) is 11.4 Å². The summed E-state index contributed by atoms with van der Waals surface area (Å²) < 4.78 is 11.2. The molecule has 0 aromatic heterocycles. The predicted molar refractivity (Wildman–Crippen MR) is 85.5 cm³/mol. The molecule has 1 aliphatic rings. The van der Waals surface area contributed by atoms with Gasteiger partial charge in [-0.1, -0.05) is 0 Å². The molecule has 1 aromatic carbocycles. The van der Waals surface area contributed by atoms with Crippen LogP contribution in [0.1, 0.15) is 26.2 Å². The number of non-ortho nitro benzene ring substituents is 1. The highest BCUT2D eigenvalue weighted by Crippen LogP contribution is 2.20. The maximum Gasteiger partial charge on any atom is 0.269 e. The summed E-state index contributed by atoms with van der Waals surface area (Å²) in [5.41, 5.74) is 0.582. The van der Waals surface area contributed by atoms with E-state index in [1.165, 1.54) is 17.0 Å². The minimum Gasteiger partial charge on any atom is -0.376 e. The topological polar surface area (TPSA) is 81.9 Å². The average Bonchev–Trinajstić information content (AvgIpc) is 2.59. The van der Waals surface area contributed by atoms with Crippen molar-refractivity contribution in [2.45, 2.75) is 38.4 Å². The zero-order valence-corrected chi connectivity index (χ0v) is 13.4. The molecule has 7 heteroatoms. The molecule has 2 atom stereocenters. The van der Waals surface area contributed by atoms with E-state index in [0.717, 1.165) is 25.9 Å². The molecule has 1 aromatic rings. The Bertz CT molecular complexity index is 540. The summed E-state index contributed by atoms with van der Waals surface area (Å²) in [5, 5.41) is 10.7. The van der Waals surface area contributed by atoms with E-state index >= 15 is 0 Å². The summed E-state index contributed by atoms with van der Waals surface area (Å²) >= 11 is 0. The Labute approximate surface area is 135 Å². The smallest absolute Gasteiger partial charge is 0.269 e. The maximum atomic E-state index is 12.4. The van der Waals surface area contributed by atoms with Gasteiger partial charge >= 0.3 is 0 Å². The molecule has 0 unspecified atom stereocenters. The van der Waals surface area contributed by atoms with Gasteiger partial charge in [-0.2, -0.15) is 0 Å². The van der Waals surface area contributed by atoms with E-state index in [4.69, 9.17) is 9.47 Å². The Morgan fingerprint density at radius 1 is 1.43 bits per heavy atom. The van der Waals surface area contributed by atoms with E-state index in [0.29, 0.717) is 12.3 Å². The normalized spacial score (nSPS) is 19.1. The minimum atomic E-state index is -0.597. The van der Waals surface area contributed by atoms with Crippen molar-refractivity contribution in [3.63, 3.8) is 0 Å². The fourth-order valence-corrected chi connectivity index (χ4v) is 2.46. The molecule has 7 nitrogen and oxygen atoms in total. The molecule has 1 saturated heterocycles. The number of anilines is 1. The highest BCUT2D eigenvalue weighted by atomic mass is 16.6. The Morgan fingerprint density at radius 2 is 2.13 bits per heavy atom. The fraction of sp³-hybridized carbons (Fsp3) is 0.562. The monoisotopic (exact) mass is 322 g/mol. The van der Waals surface area contributed by atoms with Crippen molar-refractivity contribution in [2.75, 3.05) is 25.2 Å². The van der Waals surface area contributed by atoms with Crippen molar-refractivity contribution in [3.05, 3.63) is 34.4 Å². The van der Waals surface area contributed by atoms with E-state index in [-0.39, 0.29) is 17.7 Å². The van der Waals surface area contributed by atoms with Crippen molar-refractivity contribution in [1.82, 2.24) is 0 Å². The number of carbonyl (C=O) groups excluding carboxylic acids is 1. The maximum absolute atomic E-state index is 12.4. The number of amides is 1. The lowest BCUT2D eigenvalue weighted by atomic mass is 10.1. The highest BCUT2D eigenvalue weighted by molar-refractivity contribution is 5.95. The number of nitrogens with zero attached hydrogens (tertiary/aromatic N) is 2. The van der Waals surface area contributed by atoms with Gasteiger partial charge in [0.1, 0.15) is 6.10 Å². The second-order valence-electron chi connectivity index (χ2n) is 5.63. The molecule has 0 bridgehead atoms. The number of nitro benzene ring substituents is 1. The molecule has 0 spiro atoms. The lowest BCUT2D eigenvalue weighted by Crippen LogP contribution is -2.38. The van der Waals surface area contributed by atoms with Crippen LogP contribution in [-0.2, 0) is 14.3 Å². The molecule has 1 aliphatic heterocycles. The Hall–Kier alpha value is -1.99. The number of carbonyl (C=O) groups is 1. The van der Waals surface area contributed by atoms with Crippen molar-refractivity contribution in [2.24, 2.45) is 0 Å². The van der Waals surface area contributed by atoms with E-state index in [1.807, 2.05) is 0 Å². The van der Waals surface area contributed by atoms with Crippen LogP contribution in [0.15, 0.2) is 24.3 Å². The number of nitro groups is 1. The van der Waals surface area contributed by atoms with Gasteiger partial charge in [-0.05, 0) is 38.3 Å². The number of hydrogen-bond acceptors (Lipinski definition) is 5. The van der Waals surface area contributed by atoms with Crippen molar-refractivity contribution >= 4 is 17.3 Å². The first kappa shape index (κ1) is 17.4. The van der Waals surface area contributed by atoms with Crippen molar-refractivity contribution < 1.29 is 19.2 Å². The first-order valence-electron chi connectivity index (χ1n) is 7.74. The summed E-state index contributed by atoms with van der Waals surface area (Å²) in [6.45, 7) is 2.85. The first-order valence-corrected chi connectivity index (χ1v) is 7.74. The van der Waals surface area contributed by atoms with E-state index in [2.05, 4.69) is 0 Å². The average molecular weight is 322 g/mol. The molecule has 126 valence electrons. The van der Waals surface area contributed by atoms with Crippen molar-refractivity contribution in [3.8, 4) is 0 Å². The minimum absolute atomic E-state index is 0.00616. The molecular formula is C16H22N2O5. The SMILES string of the molecule is C[C@H](OC[C@H]1CCCCO1)C(=O)N(C)c1ccc([N+](=O)[O-])cc1. The van der Waals surface area contributed by atoms with Crippen LogP contribution in [0.2, 0.25) is 0 Å². The fourth-order valence-electron chi connectivity index (χ4n) is 2.46. The van der Waals surface area contributed by atoms with Gasteiger partial charge in [0.2, 0.25) is 0 Å². The van der Waals surface area contributed by atoms with Gasteiger partial charge in [-0.15, -0.1) is 0 Å². The van der Waals surface area contributed by atoms with Gasteiger partial charge in [0, 0.05) is 31.5 Å². The van der Waals surface area contributed by atoms with Gasteiger partial charge in [-0.25, -0.2) is 0 Å². The Balaban J connectivity index is 1.88. The third kappa shape index (κ3) is 4.74. The van der Waals surface area contributed by atoms with Gasteiger partial charge in [0.05, 0.1) is 17.6 Å². The van der Waals surface area contributed by atoms with Gasteiger partial charge in [0.15, 0.2) is 0 Å². The third-order valence-electron chi connectivity index (χ3n) is 3.93. The van der Waals surface area contributed by atoms with Gasteiger partial charge < -0.3 is 14.4 Å².